The quantitative estimate of drug-likeness (QED) is 0.753. The first kappa shape index (κ1) is 13.4. The molecule has 1 heterocycles. The molecule has 18 heavy (non-hydrogen) atoms. The molecule has 98 valence electrons. The highest BCUT2D eigenvalue weighted by molar-refractivity contribution is 6.30. The molecule has 1 aliphatic rings. The van der Waals surface area contributed by atoms with Gasteiger partial charge in [-0.2, -0.15) is 0 Å². The molecule has 0 saturated heterocycles. The topological polar surface area (TPSA) is 12.5 Å². The summed E-state index contributed by atoms with van der Waals surface area (Å²) in [7, 11) is 0. The second-order valence-corrected chi connectivity index (χ2v) is 5.42. The Morgan fingerprint density at radius 1 is 1.56 bits per heavy atom. The van der Waals surface area contributed by atoms with Crippen molar-refractivity contribution in [3.63, 3.8) is 0 Å². The number of nitrogens with zero attached hydrogens (tertiary/aromatic N) is 1. The van der Waals surface area contributed by atoms with Crippen molar-refractivity contribution in [1.29, 1.82) is 0 Å². The lowest BCUT2D eigenvalue weighted by atomic mass is 10.2. The molecular weight excluding hydrogens is 246 g/mol. The van der Waals surface area contributed by atoms with Gasteiger partial charge in [-0.1, -0.05) is 23.3 Å². The molecule has 2 rings (SSSR count). The highest BCUT2D eigenvalue weighted by Gasteiger charge is 2.20. The van der Waals surface area contributed by atoms with Crippen molar-refractivity contribution in [1.82, 2.24) is 4.90 Å². The first-order valence-electron chi connectivity index (χ1n) is 6.37. The summed E-state index contributed by atoms with van der Waals surface area (Å²) in [5, 5.41) is 0.773. The maximum absolute atomic E-state index is 6.06. The van der Waals surface area contributed by atoms with Gasteiger partial charge < -0.3 is 4.74 Å². The second-order valence-electron chi connectivity index (χ2n) is 4.99. The SMILES string of the molecule is C/C=C(\C)CN1Cc2cc(Cl)ccc2OC(C)C1. The Morgan fingerprint density at radius 3 is 3.06 bits per heavy atom. The molecule has 0 amide bonds. The van der Waals surface area contributed by atoms with Crippen LogP contribution in [0.2, 0.25) is 5.02 Å². The minimum atomic E-state index is 0.206. The van der Waals surface area contributed by atoms with Gasteiger partial charge in [-0.3, -0.25) is 4.90 Å². The third-order valence-electron chi connectivity index (χ3n) is 3.23. The van der Waals surface area contributed by atoms with E-state index < -0.39 is 0 Å². The monoisotopic (exact) mass is 265 g/mol. The van der Waals surface area contributed by atoms with E-state index in [2.05, 4.69) is 31.7 Å². The molecule has 1 unspecified atom stereocenters. The molecule has 0 N–H and O–H groups in total. The lowest BCUT2D eigenvalue weighted by molar-refractivity contribution is 0.168. The number of allylic oxidation sites excluding steroid dienone is 1. The van der Waals surface area contributed by atoms with Crippen LogP contribution in [0.4, 0.5) is 0 Å². The van der Waals surface area contributed by atoms with Gasteiger partial charge in [-0.05, 0) is 39.0 Å². The molecule has 0 aromatic heterocycles. The van der Waals surface area contributed by atoms with E-state index in [4.69, 9.17) is 16.3 Å². The average molecular weight is 266 g/mol. The minimum Gasteiger partial charge on any atom is -0.489 e. The van der Waals surface area contributed by atoms with E-state index in [-0.39, 0.29) is 6.10 Å². The fourth-order valence-corrected chi connectivity index (χ4v) is 2.47. The van der Waals surface area contributed by atoms with E-state index in [9.17, 15) is 0 Å². The van der Waals surface area contributed by atoms with E-state index >= 15 is 0 Å². The number of halogens is 1. The molecule has 0 aliphatic carbocycles. The van der Waals surface area contributed by atoms with E-state index in [1.807, 2.05) is 18.2 Å². The smallest absolute Gasteiger partial charge is 0.124 e. The predicted octanol–water partition coefficient (Wildman–Crippen LogP) is 3.89. The van der Waals surface area contributed by atoms with Crippen molar-refractivity contribution < 1.29 is 4.74 Å². The Balaban J connectivity index is 2.22. The van der Waals surface area contributed by atoms with Gasteiger partial charge in [0, 0.05) is 30.2 Å². The van der Waals surface area contributed by atoms with Crippen LogP contribution >= 0.6 is 11.6 Å². The molecule has 0 saturated carbocycles. The van der Waals surface area contributed by atoms with E-state index in [1.165, 1.54) is 11.1 Å². The van der Waals surface area contributed by atoms with Crippen LogP contribution in [-0.2, 0) is 6.54 Å². The van der Waals surface area contributed by atoms with Gasteiger partial charge in [0.1, 0.15) is 11.9 Å². The van der Waals surface area contributed by atoms with Crippen LogP contribution in [0.5, 0.6) is 5.75 Å². The van der Waals surface area contributed by atoms with Crippen molar-refractivity contribution in [3.05, 3.63) is 40.4 Å². The molecule has 0 radical (unpaired) electrons. The Morgan fingerprint density at radius 2 is 2.33 bits per heavy atom. The van der Waals surface area contributed by atoms with Gasteiger partial charge >= 0.3 is 0 Å². The Kier molecular flexibility index (Phi) is 4.31. The number of benzene rings is 1. The maximum atomic E-state index is 6.06. The number of hydrogen-bond donors (Lipinski definition) is 0. The molecule has 1 aromatic carbocycles. The molecule has 1 aliphatic heterocycles. The zero-order valence-electron chi connectivity index (χ0n) is 11.2. The van der Waals surface area contributed by atoms with Crippen LogP contribution in [-0.4, -0.2) is 24.1 Å². The summed E-state index contributed by atoms with van der Waals surface area (Å²) in [5.74, 6) is 0.965. The second kappa shape index (κ2) is 5.77. The lowest BCUT2D eigenvalue weighted by Crippen LogP contribution is -2.32. The van der Waals surface area contributed by atoms with Crippen molar-refractivity contribution in [2.45, 2.75) is 33.4 Å². The summed E-state index contributed by atoms with van der Waals surface area (Å²) in [6, 6.07) is 5.87. The number of fused-ring (bicyclic) bond motifs is 1. The van der Waals surface area contributed by atoms with Gasteiger partial charge in [0.15, 0.2) is 0 Å². The van der Waals surface area contributed by atoms with Crippen molar-refractivity contribution in [2.75, 3.05) is 13.1 Å². The highest BCUT2D eigenvalue weighted by atomic mass is 35.5. The zero-order valence-corrected chi connectivity index (χ0v) is 12.0. The van der Waals surface area contributed by atoms with Gasteiger partial charge in [0.2, 0.25) is 0 Å². The third kappa shape index (κ3) is 3.27. The van der Waals surface area contributed by atoms with Crippen molar-refractivity contribution in [3.8, 4) is 5.75 Å². The van der Waals surface area contributed by atoms with Crippen LogP contribution in [0.25, 0.3) is 0 Å². The average Bonchev–Trinajstić information content (AvgIpc) is 2.46. The molecular formula is C15H20ClNO. The van der Waals surface area contributed by atoms with E-state index in [0.717, 1.165) is 30.4 Å². The lowest BCUT2D eigenvalue weighted by Gasteiger charge is -2.22. The standard InChI is InChI=1S/C15H20ClNO/c1-4-11(2)8-17-9-12(3)18-15-6-5-14(16)7-13(15)10-17/h4-7,12H,8-10H2,1-3H3/b11-4+. The highest BCUT2D eigenvalue weighted by Crippen LogP contribution is 2.28. The summed E-state index contributed by atoms with van der Waals surface area (Å²) >= 11 is 6.06. The Hall–Kier alpha value is -0.990. The van der Waals surface area contributed by atoms with Crippen molar-refractivity contribution in [2.24, 2.45) is 0 Å². The number of hydrogen-bond acceptors (Lipinski definition) is 2. The third-order valence-corrected chi connectivity index (χ3v) is 3.46. The number of ether oxygens (including phenoxy) is 1. The van der Waals surface area contributed by atoms with Crippen LogP contribution < -0.4 is 4.74 Å². The van der Waals surface area contributed by atoms with Gasteiger partial charge in [0.25, 0.3) is 0 Å². The predicted molar refractivity (Wildman–Crippen MR) is 76.3 cm³/mol. The molecule has 0 bridgehead atoms. The first-order chi connectivity index (χ1) is 8.58. The fraction of sp³-hybridized carbons (Fsp3) is 0.467. The van der Waals surface area contributed by atoms with Crippen molar-refractivity contribution >= 4 is 11.6 Å². The zero-order chi connectivity index (χ0) is 13.1. The van der Waals surface area contributed by atoms with Crippen LogP contribution in [0, 0.1) is 0 Å². The Bertz CT molecular complexity index is 456. The summed E-state index contributed by atoms with van der Waals surface area (Å²) in [6.45, 7) is 9.17. The van der Waals surface area contributed by atoms with E-state index in [1.54, 1.807) is 0 Å². The van der Waals surface area contributed by atoms with Crippen LogP contribution in [0.15, 0.2) is 29.8 Å². The maximum Gasteiger partial charge on any atom is 0.124 e. The summed E-state index contributed by atoms with van der Waals surface area (Å²) in [6.07, 6.45) is 2.37. The van der Waals surface area contributed by atoms with Gasteiger partial charge in [-0.25, -0.2) is 0 Å². The summed E-state index contributed by atoms with van der Waals surface area (Å²) in [4.78, 5) is 2.40. The first-order valence-corrected chi connectivity index (χ1v) is 6.75. The molecule has 0 spiro atoms. The molecule has 1 atom stereocenters. The van der Waals surface area contributed by atoms with Crippen LogP contribution in [0.1, 0.15) is 26.3 Å². The minimum absolute atomic E-state index is 0.206. The van der Waals surface area contributed by atoms with Gasteiger partial charge in [0.05, 0.1) is 0 Å². The largest absolute Gasteiger partial charge is 0.489 e. The normalized spacial score (nSPS) is 21.1. The Labute approximate surface area is 114 Å². The molecule has 0 fully saturated rings. The molecule has 1 aromatic rings. The summed E-state index contributed by atoms with van der Waals surface area (Å²) in [5.41, 5.74) is 2.56. The van der Waals surface area contributed by atoms with Crippen LogP contribution in [0.3, 0.4) is 0 Å². The van der Waals surface area contributed by atoms with Gasteiger partial charge in [-0.15, -0.1) is 0 Å². The fourth-order valence-electron chi connectivity index (χ4n) is 2.27. The molecule has 3 heteroatoms. The number of rotatable bonds is 2. The summed E-state index contributed by atoms with van der Waals surface area (Å²) < 4.78 is 5.94. The molecule has 2 nitrogen and oxygen atoms in total. The van der Waals surface area contributed by atoms with E-state index in [0.29, 0.717) is 0 Å².